The van der Waals surface area contributed by atoms with Gasteiger partial charge in [-0.25, -0.2) is 0 Å². The molecule has 0 bridgehead atoms. The molecule has 0 atom stereocenters. The van der Waals surface area contributed by atoms with Gasteiger partial charge in [0.25, 0.3) is 0 Å². The Bertz CT molecular complexity index is 369. The van der Waals surface area contributed by atoms with Gasteiger partial charge in [-0.3, -0.25) is 0 Å². The molecule has 0 heterocycles. The van der Waals surface area contributed by atoms with Gasteiger partial charge in [0.2, 0.25) is 0 Å². The fraction of sp³-hybridized carbons (Fsp3) is 0.619. The molecule has 1 rings (SSSR count). The van der Waals surface area contributed by atoms with Crippen molar-refractivity contribution >= 4 is 5.57 Å². The second-order valence-corrected chi connectivity index (χ2v) is 6.33. The summed E-state index contributed by atoms with van der Waals surface area (Å²) in [5, 5.41) is 8.70. The lowest BCUT2D eigenvalue weighted by atomic mass is 10.00. The summed E-state index contributed by atoms with van der Waals surface area (Å²) in [5.41, 5.74) is 2.58. The minimum absolute atomic E-state index is 0.358. The average molecular weight is 303 g/mol. The smallest absolute Gasteiger partial charge is 0.0431 e. The molecule has 0 radical (unpaired) electrons. The van der Waals surface area contributed by atoms with Crippen molar-refractivity contribution in [2.45, 2.75) is 77.0 Å². The molecule has 1 N–H and O–H groups in total. The molecule has 0 aliphatic rings. The number of hydrogen-bond acceptors (Lipinski definition) is 1. The molecule has 124 valence electrons. The van der Waals surface area contributed by atoms with Crippen LogP contribution in [-0.2, 0) is 0 Å². The van der Waals surface area contributed by atoms with Crippen molar-refractivity contribution in [2.24, 2.45) is 0 Å². The molecule has 1 heteroatoms. The topological polar surface area (TPSA) is 20.2 Å². The zero-order chi connectivity index (χ0) is 15.9. The standard InChI is InChI=1S/C21H34O/c1-20(21-17-13-11-14-18-21)16-12-9-7-5-3-2-4-6-8-10-15-19-22/h11,13-14,17-18,22H,1-10,12,15-16,19H2. The first-order valence-electron chi connectivity index (χ1n) is 9.18. The van der Waals surface area contributed by atoms with Crippen LogP contribution >= 0.6 is 0 Å². The second kappa shape index (κ2) is 13.6. The molecule has 0 fully saturated rings. The predicted octanol–water partition coefficient (Wildman–Crippen LogP) is 6.37. The minimum Gasteiger partial charge on any atom is -0.396 e. The zero-order valence-corrected chi connectivity index (χ0v) is 14.2. The molecule has 1 nitrogen and oxygen atoms in total. The Morgan fingerprint density at radius 1 is 0.682 bits per heavy atom. The van der Waals surface area contributed by atoms with Crippen LogP contribution < -0.4 is 0 Å². The third-order valence-corrected chi connectivity index (χ3v) is 4.32. The highest BCUT2D eigenvalue weighted by Gasteiger charge is 1.98. The van der Waals surface area contributed by atoms with Crippen LogP contribution in [0.4, 0.5) is 0 Å². The first kappa shape index (κ1) is 19.0. The Balaban J connectivity index is 1.85. The summed E-state index contributed by atoms with van der Waals surface area (Å²) >= 11 is 0. The lowest BCUT2D eigenvalue weighted by molar-refractivity contribution is 0.282. The summed E-state index contributed by atoms with van der Waals surface area (Å²) in [6.45, 7) is 4.56. The molecule has 22 heavy (non-hydrogen) atoms. The van der Waals surface area contributed by atoms with Crippen LogP contribution in [0.1, 0.15) is 82.6 Å². The Labute approximate surface area is 137 Å². The van der Waals surface area contributed by atoms with Gasteiger partial charge in [-0.1, -0.05) is 94.7 Å². The van der Waals surface area contributed by atoms with E-state index in [1.165, 1.54) is 75.3 Å². The maximum absolute atomic E-state index is 8.70. The molecule has 1 aromatic carbocycles. The highest BCUT2D eigenvalue weighted by atomic mass is 16.2. The summed E-state index contributed by atoms with van der Waals surface area (Å²) in [4.78, 5) is 0. The molecule has 0 aromatic heterocycles. The quantitative estimate of drug-likeness (QED) is 0.396. The number of allylic oxidation sites excluding steroid dienone is 1. The normalized spacial score (nSPS) is 10.8. The fourth-order valence-corrected chi connectivity index (χ4v) is 2.86. The number of benzene rings is 1. The Morgan fingerprint density at radius 3 is 1.64 bits per heavy atom. The Hall–Kier alpha value is -1.08. The van der Waals surface area contributed by atoms with Gasteiger partial charge >= 0.3 is 0 Å². The summed E-state index contributed by atoms with van der Waals surface area (Å²) in [6, 6.07) is 10.5. The van der Waals surface area contributed by atoms with Crippen molar-refractivity contribution in [1.82, 2.24) is 0 Å². The number of unbranched alkanes of at least 4 members (excludes halogenated alkanes) is 10. The average Bonchev–Trinajstić information content (AvgIpc) is 2.56. The van der Waals surface area contributed by atoms with Gasteiger partial charge in [0, 0.05) is 6.61 Å². The van der Waals surface area contributed by atoms with Crippen molar-refractivity contribution in [2.75, 3.05) is 6.61 Å². The lowest BCUT2D eigenvalue weighted by Crippen LogP contribution is -1.86. The highest BCUT2D eigenvalue weighted by Crippen LogP contribution is 2.19. The van der Waals surface area contributed by atoms with E-state index in [1.54, 1.807) is 0 Å². The first-order chi connectivity index (χ1) is 10.8. The van der Waals surface area contributed by atoms with Gasteiger partial charge in [-0.2, -0.15) is 0 Å². The predicted molar refractivity (Wildman–Crippen MR) is 98.0 cm³/mol. The van der Waals surface area contributed by atoms with E-state index in [1.807, 2.05) is 0 Å². The molecular formula is C21H34O. The molecule has 0 saturated carbocycles. The van der Waals surface area contributed by atoms with Gasteiger partial charge in [0.1, 0.15) is 0 Å². The van der Waals surface area contributed by atoms with E-state index in [-0.39, 0.29) is 0 Å². The lowest BCUT2D eigenvalue weighted by Gasteiger charge is -2.06. The van der Waals surface area contributed by atoms with Gasteiger partial charge in [-0.05, 0) is 30.4 Å². The number of aliphatic hydroxyl groups excluding tert-OH is 1. The van der Waals surface area contributed by atoms with Crippen molar-refractivity contribution in [3.8, 4) is 0 Å². The third-order valence-electron chi connectivity index (χ3n) is 4.32. The molecule has 0 aliphatic heterocycles. The summed E-state index contributed by atoms with van der Waals surface area (Å²) in [5.74, 6) is 0. The van der Waals surface area contributed by atoms with E-state index in [0.29, 0.717) is 6.61 Å². The summed E-state index contributed by atoms with van der Waals surface area (Å²) < 4.78 is 0. The maximum Gasteiger partial charge on any atom is 0.0431 e. The molecule has 0 amide bonds. The monoisotopic (exact) mass is 302 g/mol. The van der Waals surface area contributed by atoms with E-state index in [4.69, 9.17) is 5.11 Å². The fourth-order valence-electron chi connectivity index (χ4n) is 2.86. The van der Waals surface area contributed by atoms with Crippen molar-refractivity contribution in [1.29, 1.82) is 0 Å². The van der Waals surface area contributed by atoms with Gasteiger partial charge in [0.05, 0.1) is 0 Å². The Morgan fingerprint density at radius 2 is 1.14 bits per heavy atom. The number of hydrogen-bond donors (Lipinski definition) is 1. The molecule has 0 saturated heterocycles. The van der Waals surface area contributed by atoms with E-state index in [9.17, 15) is 0 Å². The summed E-state index contributed by atoms with van der Waals surface area (Å²) in [6.07, 6.45) is 15.5. The van der Waals surface area contributed by atoms with Crippen LogP contribution in [0.2, 0.25) is 0 Å². The third kappa shape index (κ3) is 9.78. The summed E-state index contributed by atoms with van der Waals surface area (Å²) in [7, 11) is 0. The van der Waals surface area contributed by atoms with Crippen LogP contribution in [0.25, 0.3) is 5.57 Å². The van der Waals surface area contributed by atoms with E-state index < -0.39 is 0 Å². The molecule has 0 spiro atoms. The van der Waals surface area contributed by atoms with E-state index in [0.717, 1.165) is 12.8 Å². The zero-order valence-electron chi connectivity index (χ0n) is 14.2. The first-order valence-corrected chi connectivity index (χ1v) is 9.18. The van der Waals surface area contributed by atoms with Crippen LogP contribution in [0, 0.1) is 0 Å². The molecule has 0 unspecified atom stereocenters. The van der Waals surface area contributed by atoms with Gasteiger partial charge in [-0.15, -0.1) is 0 Å². The van der Waals surface area contributed by atoms with Crippen molar-refractivity contribution in [3.05, 3.63) is 42.5 Å². The highest BCUT2D eigenvalue weighted by molar-refractivity contribution is 5.62. The second-order valence-electron chi connectivity index (χ2n) is 6.33. The van der Waals surface area contributed by atoms with Crippen LogP contribution in [0.15, 0.2) is 36.9 Å². The van der Waals surface area contributed by atoms with Crippen molar-refractivity contribution in [3.63, 3.8) is 0 Å². The van der Waals surface area contributed by atoms with Crippen LogP contribution in [-0.4, -0.2) is 11.7 Å². The van der Waals surface area contributed by atoms with Crippen LogP contribution in [0.3, 0.4) is 0 Å². The SMILES string of the molecule is C=C(CCCCCCCCCCCCCO)c1ccccc1. The Kier molecular flexibility index (Phi) is 11.7. The van der Waals surface area contributed by atoms with E-state index >= 15 is 0 Å². The minimum atomic E-state index is 0.358. The van der Waals surface area contributed by atoms with Gasteiger partial charge < -0.3 is 5.11 Å². The van der Waals surface area contributed by atoms with Crippen molar-refractivity contribution < 1.29 is 5.11 Å². The van der Waals surface area contributed by atoms with E-state index in [2.05, 4.69) is 36.9 Å². The molecule has 0 aliphatic carbocycles. The van der Waals surface area contributed by atoms with Crippen LogP contribution in [0.5, 0.6) is 0 Å². The number of aliphatic hydroxyl groups is 1. The number of rotatable bonds is 14. The maximum atomic E-state index is 8.70. The molecule has 1 aromatic rings. The largest absolute Gasteiger partial charge is 0.396 e. The van der Waals surface area contributed by atoms with Gasteiger partial charge in [0.15, 0.2) is 0 Å². The molecular weight excluding hydrogens is 268 g/mol.